The van der Waals surface area contributed by atoms with Crippen LogP contribution in [0.15, 0.2) is 24.3 Å². The van der Waals surface area contributed by atoms with Crippen LogP contribution < -0.4 is 11.1 Å². The van der Waals surface area contributed by atoms with Crippen molar-refractivity contribution in [1.29, 1.82) is 0 Å². The van der Waals surface area contributed by atoms with Crippen LogP contribution in [0.5, 0.6) is 0 Å². The number of hydrogen-bond donors (Lipinski definition) is 2. The van der Waals surface area contributed by atoms with Gasteiger partial charge in [-0.25, -0.2) is 0 Å². The van der Waals surface area contributed by atoms with E-state index in [-0.39, 0.29) is 11.9 Å². The summed E-state index contributed by atoms with van der Waals surface area (Å²) in [5, 5.41) is 3.14. The molecule has 0 fully saturated rings. The topological polar surface area (TPSA) is 64.3 Å². The summed E-state index contributed by atoms with van der Waals surface area (Å²) >= 11 is 0. The number of amides is 1. The molecule has 1 rings (SSSR count). The lowest BCUT2D eigenvalue weighted by Gasteiger charge is -2.13. The Bertz CT molecular complexity index is 366. The largest absolute Gasteiger partial charge is 0.380 e. The molecule has 1 atom stereocenters. The molecule has 0 saturated carbocycles. The molecule has 0 radical (unpaired) electrons. The first kappa shape index (κ1) is 13.7. The second-order valence-electron chi connectivity index (χ2n) is 4.00. The number of primary amides is 1. The third kappa shape index (κ3) is 4.54. The normalized spacial score (nSPS) is 12.4. The van der Waals surface area contributed by atoms with Gasteiger partial charge in [-0.15, -0.1) is 0 Å². The summed E-state index contributed by atoms with van der Waals surface area (Å²) in [7, 11) is 1.67. The number of ether oxygens (including phenoxy) is 1. The third-order valence-corrected chi connectivity index (χ3v) is 2.61. The van der Waals surface area contributed by atoms with Crippen molar-refractivity contribution >= 4 is 5.91 Å². The van der Waals surface area contributed by atoms with Crippen LogP contribution in [-0.2, 0) is 22.7 Å². The van der Waals surface area contributed by atoms with E-state index in [0.717, 1.165) is 11.1 Å². The van der Waals surface area contributed by atoms with Gasteiger partial charge in [0.15, 0.2) is 0 Å². The first-order chi connectivity index (χ1) is 8.17. The monoisotopic (exact) mass is 236 g/mol. The summed E-state index contributed by atoms with van der Waals surface area (Å²) in [4.78, 5) is 11.1. The fraction of sp³-hybridized carbons (Fsp3) is 0.462. The van der Waals surface area contributed by atoms with Crippen molar-refractivity contribution in [2.45, 2.75) is 32.5 Å². The van der Waals surface area contributed by atoms with E-state index in [1.54, 1.807) is 7.11 Å². The number of hydrogen-bond acceptors (Lipinski definition) is 3. The van der Waals surface area contributed by atoms with Gasteiger partial charge in [-0.05, 0) is 17.5 Å². The molecular formula is C13H20N2O2. The molecule has 0 aliphatic carbocycles. The Balaban J connectivity index is 2.56. The highest BCUT2D eigenvalue weighted by Crippen LogP contribution is 2.06. The lowest BCUT2D eigenvalue weighted by molar-refractivity contribution is -0.120. The first-order valence-electron chi connectivity index (χ1n) is 5.76. The van der Waals surface area contributed by atoms with Gasteiger partial charge in [0.25, 0.3) is 0 Å². The molecule has 94 valence electrons. The molecule has 1 unspecified atom stereocenters. The van der Waals surface area contributed by atoms with Crippen LogP contribution in [0.3, 0.4) is 0 Å². The van der Waals surface area contributed by atoms with Crippen molar-refractivity contribution < 1.29 is 9.53 Å². The summed E-state index contributed by atoms with van der Waals surface area (Å²) in [6, 6.07) is 7.81. The highest BCUT2D eigenvalue weighted by molar-refractivity contribution is 5.79. The molecule has 1 aromatic carbocycles. The van der Waals surface area contributed by atoms with E-state index < -0.39 is 0 Å². The van der Waals surface area contributed by atoms with Gasteiger partial charge in [0, 0.05) is 13.7 Å². The van der Waals surface area contributed by atoms with Gasteiger partial charge in [-0.3, -0.25) is 4.79 Å². The van der Waals surface area contributed by atoms with Gasteiger partial charge in [-0.1, -0.05) is 31.2 Å². The minimum absolute atomic E-state index is 0.263. The number of nitrogens with two attached hydrogens (primary N) is 1. The van der Waals surface area contributed by atoms with E-state index in [0.29, 0.717) is 19.6 Å². The van der Waals surface area contributed by atoms with E-state index in [2.05, 4.69) is 11.4 Å². The standard InChI is InChI=1S/C13H20N2O2/c1-3-12(13(14)16)15-8-10-5-4-6-11(7-10)9-17-2/h4-7,12,15H,3,8-9H2,1-2H3,(H2,14,16). The lowest BCUT2D eigenvalue weighted by Crippen LogP contribution is -2.40. The molecule has 3 N–H and O–H groups in total. The summed E-state index contributed by atoms with van der Waals surface area (Å²) < 4.78 is 5.07. The summed E-state index contributed by atoms with van der Waals surface area (Å²) in [6.45, 7) is 3.17. The summed E-state index contributed by atoms with van der Waals surface area (Å²) in [6.07, 6.45) is 0.701. The maximum atomic E-state index is 11.1. The van der Waals surface area contributed by atoms with Crippen molar-refractivity contribution in [2.24, 2.45) is 5.73 Å². The van der Waals surface area contributed by atoms with Crippen LogP contribution in [0.4, 0.5) is 0 Å². The Labute approximate surface area is 102 Å². The zero-order chi connectivity index (χ0) is 12.7. The number of carbonyl (C=O) groups excluding carboxylic acids is 1. The molecule has 0 aliphatic rings. The van der Waals surface area contributed by atoms with Gasteiger partial charge in [0.1, 0.15) is 0 Å². The van der Waals surface area contributed by atoms with Gasteiger partial charge in [0.05, 0.1) is 12.6 Å². The van der Waals surface area contributed by atoms with Crippen LogP contribution in [0.1, 0.15) is 24.5 Å². The number of nitrogens with one attached hydrogen (secondary N) is 1. The quantitative estimate of drug-likeness (QED) is 0.747. The van der Waals surface area contributed by atoms with Gasteiger partial charge >= 0.3 is 0 Å². The lowest BCUT2D eigenvalue weighted by atomic mass is 10.1. The van der Waals surface area contributed by atoms with Crippen molar-refractivity contribution in [1.82, 2.24) is 5.32 Å². The van der Waals surface area contributed by atoms with Crippen LogP contribution in [-0.4, -0.2) is 19.1 Å². The fourth-order valence-corrected chi connectivity index (χ4v) is 1.68. The van der Waals surface area contributed by atoms with Gasteiger partial charge in [0.2, 0.25) is 5.91 Å². The molecule has 0 heterocycles. The Morgan fingerprint density at radius 3 is 2.76 bits per heavy atom. The Kier molecular flexibility index (Phi) is 5.66. The minimum atomic E-state index is -0.305. The molecule has 1 amide bonds. The SMILES string of the molecule is CCC(NCc1cccc(COC)c1)C(N)=O. The maximum absolute atomic E-state index is 11.1. The molecule has 4 nitrogen and oxygen atoms in total. The van der Waals surface area contributed by atoms with Crippen LogP contribution in [0, 0.1) is 0 Å². The maximum Gasteiger partial charge on any atom is 0.234 e. The van der Waals surface area contributed by atoms with Crippen LogP contribution >= 0.6 is 0 Å². The zero-order valence-electron chi connectivity index (χ0n) is 10.4. The highest BCUT2D eigenvalue weighted by Gasteiger charge is 2.11. The number of benzene rings is 1. The predicted molar refractivity (Wildman–Crippen MR) is 67.3 cm³/mol. The zero-order valence-corrected chi connectivity index (χ0v) is 10.4. The van der Waals surface area contributed by atoms with E-state index >= 15 is 0 Å². The average Bonchev–Trinajstić information content (AvgIpc) is 2.30. The molecule has 17 heavy (non-hydrogen) atoms. The Morgan fingerprint density at radius 1 is 1.47 bits per heavy atom. The molecule has 0 aliphatic heterocycles. The van der Waals surface area contributed by atoms with Crippen molar-refractivity contribution in [2.75, 3.05) is 7.11 Å². The second-order valence-corrected chi connectivity index (χ2v) is 4.00. The van der Waals surface area contributed by atoms with Crippen LogP contribution in [0.2, 0.25) is 0 Å². The summed E-state index contributed by atoms with van der Waals surface area (Å²) in [5.74, 6) is -0.305. The predicted octanol–water partition coefficient (Wildman–Crippen LogP) is 1.19. The van der Waals surface area contributed by atoms with E-state index in [9.17, 15) is 4.79 Å². The first-order valence-corrected chi connectivity index (χ1v) is 5.76. The smallest absolute Gasteiger partial charge is 0.234 e. The van der Waals surface area contributed by atoms with Crippen molar-refractivity contribution in [3.63, 3.8) is 0 Å². The third-order valence-electron chi connectivity index (χ3n) is 2.61. The number of carbonyl (C=O) groups is 1. The minimum Gasteiger partial charge on any atom is -0.380 e. The molecular weight excluding hydrogens is 216 g/mol. The van der Waals surface area contributed by atoms with Gasteiger partial charge in [-0.2, -0.15) is 0 Å². The molecule has 0 bridgehead atoms. The average molecular weight is 236 g/mol. The molecule has 4 heteroatoms. The number of methoxy groups -OCH3 is 1. The van der Waals surface area contributed by atoms with Crippen molar-refractivity contribution in [3.8, 4) is 0 Å². The molecule has 1 aromatic rings. The van der Waals surface area contributed by atoms with E-state index in [1.165, 1.54) is 0 Å². The number of rotatable bonds is 7. The van der Waals surface area contributed by atoms with Crippen LogP contribution in [0.25, 0.3) is 0 Å². The van der Waals surface area contributed by atoms with E-state index in [1.807, 2.05) is 25.1 Å². The van der Waals surface area contributed by atoms with E-state index in [4.69, 9.17) is 10.5 Å². The Hall–Kier alpha value is -1.39. The summed E-state index contributed by atoms with van der Waals surface area (Å²) in [5.41, 5.74) is 7.52. The molecule has 0 saturated heterocycles. The molecule has 0 spiro atoms. The van der Waals surface area contributed by atoms with Crippen molar-refractivity contribution in [3.05, 3.63) is 35.4 Å². The van der Waals surface area contributed by atoms with Gasteiger partial charge < -0.3 is 15.8 Å². The highest BCUT2D eigenvalue weighted by atomic mass is 16.5. The molecule has 0 aromatic heterocycles. The fourth-order valence-electron chi connectivity index (χ4n) is 1.68. The second kappa shape index (κ2) is 7.04. The Morgan fingerprint density at radius 2 is 2.18 bits per heavy atom.